The highest BCUT2D eigenvalue weighted by molar-refractivity contribution is 14.2. The van der Waals surface area contributed by atoms with Crippen molar-refractivity contribution in [3.63, 3.8) is 0 Å². The summed E-state index contributed by atoms with van der Waals surface area (Å²) in [6.07, 6.45) is 0. The standard InChI is InChI=1S/C9H11I/c1-7-4-5-9(10-3)8(2)6-7/h4-6H,3H2,1-2H3. The Kier molecular flexibility index (Phi) is 2.60. The first-order valence-electron chi connectivity index (χ1n) is 3.19. The topological polar surface area (TPSA) is 0 Å². The molecule has 1 rings (SSSR count). The predicted molar refractivity (Wildman–Crippen MR) is 55.8 cm³/mol. The summed E-state index contributed by atoms with van der Waals surface area (Å²) in [6, 6.07) is 6.58. The van der Waals surface area contributed by atoms with Crippen molar-refractivity contribution in [2.75, 3.05) is 0 Å². The third-order valence-electron chi connectivity index (χ3n) is 1.46. The summed E-state index contributed by atoms with van der Waals surface area (Å²) >= 11 is 0.0249. The summed E-state index contributed by atoms with van der Waals surface area (Å²) in [6.45, 7) is 4.28. The van der Waals surface area contributed by atoms with Gasteiger partial charge < -0.3 is 0 Å². The zero-order chi connectivity index (χ0) is 7.56. The summed E-state index contributed by atoms with van der Waals surface area (Å²) in [5.41, 5.74) is 2.75. The molecule has 54 valence electrons. The number of hydrogen-bond acceptors (Lipinski definition) is 0. The van der Waals surface area contributed by atoms with E-state index in [1.807, 2.05) is 0 Å². The van der Waals surface area contributed by atoms with Gasteiger partial charge in [-0.05, 0) is 25.5 Å². The lowest BCUT2D eigenvalue weighted by Crippen LogP contribution is -1.80. The molecule has 1 heteroatoms. The molecule has 0 saturated heterocycles. The van der Waals surface area contributed by atoms with Gasteiger partial charge in [0.2, 0.25) is 0 Å². The first kappa shape index (κ1) is 7.92. The van der Waals surface area contributed by atoms with E-state index in [9.17, 15) is 0 Å². The van der Waals surface area contributed by atoms with Crippen LogP contribution in [0.25, 0.3) is 0 Å². The van der Waals surface area contributed by atoms with E-state index < -0.39 is 0 Å². The summed E-state index contributed by atoms with van der Waals surface area (Å²) in [5.74, 6) is 0. The number of halogens is 1. The fourth-order valence-corrected chi connectivity index (χ4v) is 2.14. The summed E-state index contributed by atoms with van der Waals surface area (Å²) in [4.78, 5) is 0. The third-order valence-corrected chi connectivity index (χ3v) is 3.49. The van der Waals surface area contributed by atoms with Gasteiger partial charge in [0, 0.05) is 3.57 Å². The van der Waals surface area contributed by atoms with Crippen molar-refractivity contribution in [3.05, 3.63) is 32.9 Å². The molecule has 0 saturated carbocycles. The molecule has 0 nitrogen and oxygen atoms in total. The maximum absolute atomic E-state index is 3.96. The van der Waals surface area contributed by atoms with Gasteiger partial charge in [0.1, 0.15) is 0 Å². The molecule has 0 fully saturated rings. The van der Waals surface area contributed by atoms with Crippen LogP contribution in [-0.2, 0) is 0 Å². The molecule has 0 spiro atoms. The normalized spacial score (nSPS) is 9.80. The molecule has 0 heterocycles. The molecule has 0 bridgehead atoms. The Morgan fingerprint density at radius 2 is 2.00 bits per heavy atom. The lowest BCUT2D eigenvalue weighted by molar-refractivity contribution is 1.36. The molecule has 0 aliphatic heterocycles. The van der Waals surface area contributed by atoms with Crippen LogP contribution in [0.3, 0.4) is 0 Å². The van der Waals surface area contributed by atoms with Crippen LogP contribution in [0, 0.1) is 17.4 Å². The number of aryl methyl sites for hydroxylation is 2. The van der Waals surface area contributed by atoms with E-state index in [0.717, 1.165) is 0 Å². The van der Waals surface area contributed by atoms with Crippen LogP contribution >= 0.6 is 20.7 Å². The number of benzene rings is 1. The van der Waals surface area contributed by atoms with Gasteiger partial charge in [-0.25, -0.2) is 0 Å². The maximum Gasteiger partial charge on any atom is 0.0101 e. The highest BCUT2D eigenvalue weighted by Gasteiger charge is 1.91. The monoisotopic (exact) mass is 246 g/mol. The Bertz CT molecular complexity index is 251. The van der Waals surface area contributed by atoms with Crippen LogP contribution in [-0.4, -0.2) is 4.51 Å². The molecular formula is C9H11I. The van der Waals surface area contributed by atoms with Gasteiger partial charge in [-0.15, -0.1) is 0 Å². The Balaban J connectivity index is 3.19. The van der Waals surface area contributed by atoms with Crippen LogP contribution in [0.5, 0.6) is 0 Å². The van der Waals surface area contributed by atoms with Crippen molar-refractivity contribution in [2.45, 2.75) is 13.8 Å². The van der Waals surface area contributed by atoms with Gasteiger partial charge in [-0.2, -0.15) is 0 Å². The fraction of sp³-hybridized carbons (Fsp3) is 0.222. The molecule has 1 aromatic rings. The van der Waals surface area contributed by atoms with E-state index in [1.54, 1.807) is 0 Å². The van der Waals surface area contributed by atoms with Crippen molar-refractivity contribution >= 4 is 25.2 Å². The van der Waals surface area contributed by atoms with E-state index in [1.165, 1.54) is 14.7 Å². The highest BCUT2D eigenvalue weighted by Crippen LogP contribution is 2.15. The van der Waals surface area contributed by atoms with Crippen LogP contribution in [0.2, 0.25) is 0 Å². The second kappa shape index (κ2) is 3.28. The zero-order valence-corrected chi connectivity index (χ0v) is 8.47. The molecule has 0 aromatic heterocycles. The molecule has 0 radical (unpaired) electrons. The molecule has 10 heavy (non-hydrogen) atoms. The van der Waals surface area contributed by atoms with Crippen molar-refractivity contribution < 1.29 is 0 Å². The minimum Gasteiger partial charge on any atom is -0.0934 e. The molecule has 0 aliphatic carbocycles. The molecule has 0 unspecified atom stereocenters. The van der Waals surface area contributed by atoms with E-state index in [4.69, 9.17) is 0 Å². The van der Waals surface area contributed by atoms with Crippen molar-refractivity contribution in [1.82, 2.24) is 0 Å². The summed E-state index contributed by atoms with van der Waals surface area (Å²) in [7, 11) is 0. The SMILES string of the molecule is C=Ic1ccc(C)cc1C. The second-order valence-corrected chi connectivity index (χ2v) is 4.31. The third kappa shape index (κ3) is 1.66. The number of hydrogen-bond donors (Lipinski definition) is 0. The van der Waals surface area contributed by atoms with Crippen LogP contribution in [0.15, 0.2) is 18.2 Å². The van der Waals surface area contributed by atoms with Gasteiger partial charge in [0.25, 0.3) is 0 Å². The van der Waals surface area contributed by atoms with Crippen molar-refractivity contribution in [1.29, 1.82) is 0 Å². The van der Waals surface area contributed by atoms with Gasteiger partial charge in [0.05, 0.1) is 0 Å². The average Bonchev–Trinajstić information content (AvgIpc) is 1.88. The van der Waals surface area contributed by atoms with Gasteiger partial charge in [-0.3, -0.25) is 0 Å². The molecular weight excluding hydrogens is 235 g/mol. The van der Waals surface area contributed by atoms with E-state index in [2.05, 4.69) is 36.6 Å². The van der Waals surface area contributed by atoms with E-state index >= 15 is 0 Å². The lowest BCUT2D eigenvalue weighted by atomic mass is 10.2. The smallest absolute Gasteiger partial charge is 0.0101 e. The molecule has 0 amide bonds. The van der Waals surface area contributed by atoms with Gasteiger partial charge >= 0.3 is 0 Å². The second-order valence-electron chi connectivity index (χ2n) is 2.39. The average molecular weight is 246 g/mol. The van der Waals surface area contributed by atoms with Crippen molar-refractivity contribution in [2.24, 2.45) is 0 Å². The number of rotatable bonds is 1. The fourth-order valence-electron chi connectivity index (χ4n) is 0.945. The quantitative estimate of drug-likeness (QED) is 0.668. The minimum atomic E-state index is 0.0249. The molecule has 0 aliphatic rings. The summed E-state index contributed by atoms with van der Waals surface area (Å²) in [5, 5.41) is 0. The van der Waals surface area contributed by atoms with Crippen LogP contribution in [0.1, 0.15) is 11.1 Å². The van der Waals surface area contributed by atoms with E-state index in [-0.39, 0.29) is 20.7 Å². The minimum absolute atomic E-state index is 0.0249. The highest BCUT2D eigenvalue weighted by atomic mass is 127. The van der Waals surface area contributed by atoms with E-state index in [0.29, 0.717) is 0 Å². The Hall–Kier alpha value is -0.180. The predicted octanol–water partition coefficient (Wildman–Crippen LogP) is 2.88. The zero-order valence-electron chi connectivity index (χ0n) is 6.32. The van der Waals surface area contributed by atoms with Crippen LogP contribution < -0.4 is 0 Å². The summed E-state index contributed by atoms with van der Waals surface area (Å²) < 4.78 is 5.42. The van der Waals surface area contributed by atoms with Gasteiger partial charge in [-0.1, -0.05) is 42.9 Å². The first-order valence-corrected chi connectivity index (χ1v) is 5.80. The molecule has 0 N–H and O–H groups in total. The molecule has 0 atom stereocenters. The van der Waals surface area contributed by atoms with Gasteiger partial charge in [0.15, 0.2) is 0 Å². The largest absolute Gasteiger partial charge is 0.0934 e. The van der Waals surface area contributed by atoms with Crippen molar-refractivity contribution in [3.8, 4) is 0 Å². The first-order chi connectivity index (χ1) is 4.74. The van der Waals surface area contributed by atoms with Crippen LogP contribution in [0.4, 0.5) is 0 Å². The Morgan fingerprint density at radius 1 is 1.30 bits per heavy atom. The maximum atomic E-state index is 3.96. The Labute approximate surface area is 72.0 Å². The molecule has 1 aromatic carbocycles. The lowest BCUT2D eigenvalue weighted by Gasteiger charge is -1.98. The Morgan fingerprint density at radius 3 is 2.50 bits per heavy atom.